The molecule has 0 fully saturated rings. The van der Waals surface area contributed by atoms with Gasteiger partial charge in [-0.05, 0) is 18.2 Å². The number of carboxylic acids is 1. The van der Waals surface area contributed by atoms with E-state index in [1.165, 1.54) is 6.08 Å². The van der Waals surface area contributed by atoms with Crippen LogP contribution in [0, 0.1) is 5.82 Å². The van der Waals surface area contributed by atoms with Gasteiger partial charge in [0.25, 0.3) is 0 Å². The Labute approximate surface area is 96.9 Å². The van der Waals surface area contributed by atoms with Crippen LogP contribution in [0.4, 0.5) is 14.9 Å². The molecule has 0 aliphatic carbocycles. The normalized spacial score (nSPS) is 9.47. The Morgan fingerprint density at radius 1 is 1.47 bits per heavy atom. The van der Waals surface area contributed by atoms with Gasteiger partial charge in [0.05, 0.1) is 11.3 Å². The molecule has 0 saturated heterocycles. The number of anilines is 1. The zero-order valence-electron chi connectivity index (χ0n) is 8.87. The van der Waals surface area contributed by atoms with Crippen molar-refractivity contribution in [3.63, 3.8) is 0 Å². The van der Waals surface area contributed by atoms with E-state index in [1.807, 2.05) is 0 Å². The van der Waals surface area contributed by atoms with Gasteiger partial charge in [0.1, 0.15) is 5.82 Å². The van der Waals surface area contributed by atoms with E-state index in [0.717, 1.165) is 18.2 Å². The van der Waals surface area contributed by atoms with Gasteiger partial charge in [0.15, 0.2) is 0 Å². The van der Waals surface area contributed by atoms with Crippen LogP contribution in [0.3, 0.4) is 0 Å². The zero-order valence-corrected chi connectivity index (χ0v) is 8.87. The van der Waals surface area contributed by atoms with Crippen molar-refractivity contribution in [2.24, 2.45) is 0 Å². The summed E-state index contributed by atoms with van der Waals surface area (Å²) >= 11 is 0. The molecular weight excluding hydrogens is 227 g/mol. The van der Waals surface area contributed by atoms with Crippen LogP contribution in [-0.2, 0) is 0 Å². The minimum absolute atomic E-state index is 0.106. The maximum Gasteiger partial charge on any atom is 0.335 e. The number of carbonyl (C=O) groups excluding carboxylic acids is 1. The lowest BCUT2D eigenvalue weighted by Crippen LogP contribution is -2.29. The molecule has 90 valence electrons. The predicted octanol–water partition coefficient (Wildman–Crippen LogP) is 1.83. The highest BCUT2D eigenvalue weighted by Gasteiger charge is 2.10. The summed E-state index contributed by atoms with van der Waals surface area (Å²) < 4.78 is 13.3. The molecule has 0 aliphatic rings. The fraction of sp³-hybridized carbons (Fsp3) is 0.0909. The van der Waals surface area contributed by atoms with Crippen LogP contribution < -0.4 is 10.6 Å². The van der Waals surface area contributed by atoms with Gasteiger partial charge in [-0.1, -0.05) is 6.08 Å². The molecule has 1 aromatic carbocycles. The number of amides is 2. The molecule has 0 aromatic heterocycles. The van der Waals surface area contributed by atoms with Gasteiger partial charge < -0.3 is 15.7 Å². The minimum Gasteiger partial charge on any atom is -0.478 e. The van der Waals surface area contributed by atoms with E-state index in [2.05, 4.69) is 17.2 Å². The van der Waals surface area contributed by atoms with Gasteiger partial charge in [0, 0.05) is 6.54 Å². The van der Waals surface area contributed by atoms with Crippen molar-refractivity contribution in [1.82, 2.24) is 5.32 Å². The van der Waals surface area contributed by atoms with E-state index in [0.29, 0.717) is 0 Å². The van der Waals surface area contributed by atoms with Gasteiger partial charge in [-0.2, -0.15) is 0 Å². The quantitative estimate of drug-likeness (QED) is 0.700. The van der Waals surface area contributed by atoms with Crippen LogP contribution in [0.15, 0.2) is 30.9 Å². The molecule has 17 heavy (non-hydrogen) atoms. The number of halogens is 1. The van der Waals surface area contributed by atoms with Gasteiger partial charge >= 0.3 is 12.0 Å². The first-order chi connectivity index (χ1) is 8.04. The summed E-state index contributed by atoms with van der Waals surface area (Å²) in [4.78, 5) is 21.9. The fourth-order valence-corrected chi connectivity index (χ4v) is 1.09. The minimum atomic E-state index is -1.19. The first-order valence-electron chi connectivity index (χ1n) is 4.73. The molecule has 0 atom stereocenters. The smallest absolute Gasteiger partial charge is 0.335 e. The third-order valence-electron chi connectivity index (χ3n) is 1.87. The molecule has 0 bridgehead atoms. The molecule has 0 spiro atoms. The fourth-order valence-electron chi connectivity index (χ4n) is 1.09. The van der Waals surface area contributed by atoms with Crippen molar-refractivity contribution >= 4 is 17.7 Å². The number of carboxylic acid groups (broad SMARTS) is 1. The summed E-state index contributed by atoms with van der Waals surface area (Å²) in [6.07, 6.45) is 1.46. The molecule has 0 unspecified atom stereocenters. The second kappa shape index (κ2) is 5.64. The summed E-state index contributed by atoms with van der Waals surface area (Å²) in [5.41, 5.74) is -0.295. The van der Waals surface area contributed by atoms with Gasteiger partial charge in [-0.15, -0.1) is 6.58 Å². The average Bonchev–Trinajstić information content (AvgIpc) is 2.29. The summed E-state index contributed by atoms with van der Waals surface area (Å²) in [7, 11) is 0. The van der Waals surface area contributed by atoms with Gasteiger partial charge in [0.2, 0.25) is 0 Å². The number of benzene rings is 1. The topological polar surface area (TPSA) is 78.4 Å². The summed E-state index contributed by atoms with van der Waals surface area (Å²) in [6, 6.07) is 2.51. The second-order valence-electron chi connectivity index (χ2n) is 3.12. The SMILES string of the molecule is C=CCNC(=O)Nc1cc(C(=O)O)ccc1F. The van der Waals surface area contributed by atoms with Crippen LogP contribution in [0.1, 0.15) is 10.4 Å². The van der Waals surface area contributed by atoms with Crippen LogP contribution in [0.25, 0.3) is 0 Å². The molecule has 0 saturated carbocycles. The molecule has 5 nitrogen and oxygen atoms in total. The number of nitrogens with one attached hydrogen (secondary N) is 2. The number of rotatable bonds is 4. The summed E-state index contributed by atoms with van der Waals surface area (Å²) in [5.74, 6) is -1.90. The van der Waals surface area contributed by atoms with E-state index in [-0.39, 0.29) is 17.8 Å². The molecule has 0 aliphatic heterocycles. The number of carbonyl (C=O) groups is 2. The second-order valence-corrected chi connectivity index (χ2v) is 3.12. The predicted molar refractivity (Wildman–Crippen MR) is 60.6 cm³/mol. The average molecular weight is 238 g/mol. The zero-order chi connectivity index (χ0) is 12.8. The Hall–Kier alpha value is -2.37. The Bertz CT molecular complexity index is 460. The lowest BCUT2D eigenvalue weighted by atomic mass is 10.2. The van der Waals surface area contributed by atoms with Gasteiger partial charge in [-0.3, -0.25) is 0 Å². The van der Waals surface area contributed by atoms with Crippen molar-refractivity contribution < 1.29 is 19.1 Å². The molecule has 3 N–H and O–H groups in total. The maximum atomic E-state index is 13.3. The van der Waals surface area contributed by atoms with Crippen molar-refractivity contribution in [2.45, 2.75) is 0 Å². The monoisotopic (exact) mass is 238 g/mol. The van der Waals surface area contributed by atoms with Crippen LogP contribution in [0.5, 0.6) is 0 Å². The Morgan fingerprint density at radius 3 is 2.76 bits per heavy atom. The highest BCUT2D eigenvalue weighted by Crippen LogP contribution is 2.16. The van der Waals surface area contributed by atoms with E-state index in [9.17, 15) is 14.0 Å². The largest absolute Gasteiger partial charge is 0.478 e. The Morgan fingerprint density at radius 2 is 2.18 bits per heavy atom. The molecule has 1 aromatic rings. The maximum absolute atomic E-state index is 13.3. The van der Waals surface area contributed by atoms with Crippen LogP contribution in [0.2, 0.25) is 0 Å². The van der Waals surface area contributed by atoms with Gasteiger partial charge in [-0.25, -0.2) is 14.0 Å². The molecular formula is C11H11FN2O3. The highest BCUT2D eigenvalue weighted by molar-refractivity contribution is 5.93. The Kier molecular flexibility index (Phi) is 4.21. The van der Waals surface area contributed by atoms with E-state index >= 15 is 0 Å². The standard InChI is InChI=1S/C11H11FN2O3/c1-2-5-13-11(17)14-9-6-7(10(15)16)3-4-8(9)12/h2-4,6H,1,5H2,(H,15,16)(H2,13,14,17). The van der Waals surface area contributed by atoms with Crippen LogP contribution in [-0.4, -0.2) is 23.7 Å². The third kappa shape index (κ3) is 3.60. The number of hydrogen-bond acceptors (Lipinski definition) is 2. The highest BCUT2D eigenvalue weighted by atomic mass is 19.1. The number of aromatic carboxylic acids is 1. The first kappa shape index (κ1) is 12.7. The van der Waals surface area contributed by atoms with Crippen molar-refractivity contribution in [3.8, 4) is 0 Å². The van der Waals surface area contributed by atoms with Crippen molar-refractivity contribution in [1.29, 1.82) is 0 Å². The van der Waals surface area contributed by atoms with Crippen molar-refractivity contribution in [2.75, 3.05) is 11.9 Å². The lowest BCUT2D eigenvalue weighted by molar-refractivity contribution is 0.0697. The third-order valence-corrected chi connectivity index (χ3v) is 1.87. The van der Waals surface area contributed by atoms with E-state index in [1.54, 1.807) is 0 Å². The first-order valence-corrected chi connectivity index (χ1v) is 4.73. The number of urea groups is 1. The molecule has 2 amide bonds. The molecule has 6 heteroatoms. The Balaban J connectivity index is 2.82. The van der Waals surface area contributed by atoms with E-state index in [4.69, 9.17) is 5.11 Å². The summed E-state index contributed by atoms with van der Waals surface area (Å²) in [6.45, 7) is 3.63. The summed E-state index contributed by atoms with van der Waals surface area (Å²) in [5, 5.41) is 13.3. The molecule has 1 rings (SSSR count). The number of hydrogen-bond donors (Lipinski definition) is 3. The van der Waals surface area contributed by atoms with Crippen LogP contribution >= 0.6 is 0 Å². The molecule has 0 radical (unpaired) electrons. The lowest BCUT2D eigenvalue weighted by Gasteiger charge is -2.07. The van der Waals surface area contributed by atoms with E-state index < -0.39 is 17.8 Å². The molecule has 0 heterocycles. The van der Waals surface area contributed by atoms with Crippen molar-refractivity contribution in [3.05, 3.63) is 42.2 Å².